The molecule has 0 radical (unpaired) electrons. The number of rotatable bonds is 7. The molecule has 0 spiro atoms. The number of benzene rings is 2. The molecule has 0 heterocycles. The number of carboxylic acid groups (broad SMARTS) is 1. The van der Waals surface area contributed by atoms with Crippen molar-refractivity contribution >= 4 is 16.0 Å². The second-order valence-electron chi connectivity index (χ2n) is 5.37. The molecule has 2 aromatic carbocycles. The molecule has 5 nitrogen and oxygen atoms in total. The van der Waals surface area contributed by atoms with Gasteiger partial charge in [0.25, 0.3) is 0 Å². The Kier molecular flexibility index (Phi) is 5.52. The Hall–Kier alpha value is -2.18. The largest absolute Gasteiger partial charge is 0.481 e. The third-order valence-corrected chi connectivity index (χ3v) is 4.98. The van der Waals surface area contributed by atoms with Crippen LogP contribution in [0.4, 0.5) is 0 Å². The maximum Gasteiger partial charge on any atom is 0.304 e. The first-order valence-electron chi connectivity index (χ1n) is 7.21. The van der Waals surface area contributed by atoms with Crippen LogP contribution in [0.5, 0.6) is 0 Å². The third-order valence-electron chi connectivity index (χ3n) is 3.54. The average molecular weight is 333 g/mol. The topological polar surface area (TPSA) is 83.5 Å². The summed E-state index contributed by atoms with van der Waals surface area (Å²) in [5.74, 6) is -1.39. The van der Waals surface area contributed by atoms with Gasteiger partial charge in [-0.25, -0.2) is 13.1 Å². The molecule has 0 bridgehead atoms. The van der Waals surface area contributed by atoms with Crippen molar-refractivity contribution in [2.45, 2.75) is 24.2 Å². The van der Waals surface area contributed by atoms with Crippen LogP contribution in [0.1, 0.15) is 23.5 Å². The maximum atomic E-state index is 12.3. The van der Waals surface area contributed by atoms with Crippen LogP contribution < -0.4 is 4.72 Å². The summed E-state index contributed by atoms with van der Waals surface area (Å²) in [6.45, 7) is 1.91. The van der Waals surface area contributed by atoms with E-state index in [1.165, 1.54) is 12.1 Å². The Morgan fingerprint density at radius 3 is 2.26 bits per heavy atom. The number of aliphatic carboxylic acids is 1. The normalized spacial score (nSPS) is 12.7. The van der Waals surface area contributed by atoms with E-state index in [-0.39, 0.29) is 17.9 Å². The molecule has 2 N–H and O–H groups in total. The van der Waals surface area contributed by atoms with Gasteiger partial charge in [-0.05, 0) is 24.6 Å². The predicted octanol–water partition coefficient (Wildman–Crippen LogP) is 2.53. The molecule has 1 unspecified atom stereocenters. The zero-order valence-corrected chi connectivity index (χ0v) is 13.6. The molecular weight excluding hydrogens is 314 g/mol. The van der Waals surface area contributed by atoms with Gasteiger partial charge >= 0.3 is 5.97 Å². The minimum Gasteiger partial charge on any atom is -0.481 e. The number of aryl methyl sites for hydroxylation is 1. The average Bonchev–Trinajstić information content (AvgIpc) is 2.52. The third kappa shape index (κ3) is 4.91. The minimum absolute atomic E-state index is 0.0342. The number of carboxylic acids is 1. The molecule has 0 fully saturated rings. The summed E-state index contributed by atoms with van der Waals surface area (Å²) in [4.78, 5) is 11.2. The van der Waals surface area contributed by atoms with E-state index >= 15 is 0 Å². The summed E-state index contributed by atoms with van der Waals surface area (Å²) in [6, 6.07) is 15.6. The highest BCUT2D eigenvalue weighted by molar-refractivity contribution is 7.89. The zero-order valence-electron chi connectivity index (χ0n) is 12.8. The lowest BCUT2D eigenvalue weighted by Gasteiger charge is -2.16. The summed E-state index contributed by atoms with van der Waals surface area (Å²) in [5, 5.41) is 9.04. The van der Waals surface area contributed by atoms with Gasteiger partial charge in [0, 0.05) is 12.5 Å². The van der Waals surface area contributed by atoms with Gasteiger partial charge in [0.15, 0.2) is 0 Å². The Balaban J connectivity index is 2.14. The molecule has 0 aliphatic carbocycles. The summed E-state index contributed by atoms with van der Waals surface area (Å²) in [6.07, 6.45) is -0.138. The lowest BCUT2D eigenvalue weighted by molar-refractivity contribution is -0.137. The fourth-order valence-corrected chi connectivity index (χ4v) is 3.34. The predicted molar refractivity (Wildman–Crippen MR) is 87.8 cm³/mol. The molecule has 2 aromatic rings. The first kappa shape index (κ1) is 17.2. The van der Waals surface area contributed by atoms with Crippen molar-refractivity contribution in [1.82, 2.24) is 4.72 Å². The van der Waals surface area contributed by atoms with Crippen molar-refractivity contribution in [2.75, 3.05) is 6.54 Å². The Bertz CT molecular complexity index is 755. The fourth-order valence-electron chi connectivity index (χ4n) is 2.25. The van der Waals surface area contributed by atoms with E-state index in [9.17, 15) is 13.2 Å². The van der Waals surface area contributed by atoms with Gasteiger partial charge in [0.1, 0.15) is 0 Å². The highest BCUT2D eigenvalue weighted by Gasteiger charge is 2.20. The molecule has 2 rings (SSSR count). The molecule has 0 aliphatic rings. The number of hydrogen-bond donors (Lipinski definition) is 2. The Labute approximate surface area is 136 Å². The zero-order chi connectivity index (χ0) is 16.9. The quantitative estimate of drug-likeness (QED) is 0.815. The van der Waals surface area contributed by atoms with Gasteiger partial charge in [0.2, 0.25) is 10.0 Å². The number of hydrogen-bond acceptors (Lipinski definition) is 3. The molecule has 0 aliphatic heterocycles. The van der Waals surface area contributed by atoms with Gasteiger partial charge in [-0.3, -0.25) is 4.79 Å². The summed E-state index contributed by atoms with van der Waals surface area (Å²) < 4.78 is 27.1. The van der Waals surface area contributed by atoms with Crippen molar-refractivity contribution in [3.05, 3.63) is 65.7 Å². The standard InChI is InChI=1S/C17H19NO4S/c1-13-7-9-16(10-8-13)23(21,22)18-12-15(11-17(19)20)14-5-3-2-4-6-14/h2-10,15,18H,11-12H2,1H3,(H,19,20). The maximum absolute atomic E-state index is 12.3. The van der Waals surface area contributed by atoms with Crippen LogP contribution in [0, 0.1) is 6.92 Å². The highest BCUT2D eigenvalue weighted by atomic mass is 32.2. The van der Waals surface area contributed by atoms with Crippen LogP contribution in [0.2, 0.25) is 0 Å². The van der Waals surface area contributed by atoms with E-state index in [0.717, 1.165) is 11.1 Å². The Morgan fingerprint density at radius 2 is 1.70 bits per heavy atom. The van der Waals surface area contributed by atoms with Crippen LogP contribution >= 0.6 is 0 Å². The highest BCUT2D eigenvalue weighted by Crippen LogP contribution is 2.20. The second kappa shape index (κ2) is 7.39. The van der Waals surface area contributed by atoms with Crippen molar-refractivity contribution in [1.29, 1.82) is 0 Å². The van der Waals surface area contributed by atoms with Gasteiger partial charge in [-0.1, -0.05) is 48.0 Å². The molecule has 0 aromatic heterocycles. The molecule has 0 saturated heterocycles. The second-order valence-corrected chi connectivity index (χ2v) is 7.14. The Morgan fingerprint density at radius 1 is 1.09 bits per heavy atom. The van der Waals surface area contributed by atoms with E-state index in [4.69, 9.17) is 5.11 Å². The van der Waals surface area contributed by atoms with Crippen molar-refractivity contribution in [3.8, 4) is 0 Å². The molecule has 0 amide bonds. The SMILES string of the molecule is Cc1ccc(S(=O)(=O)NCC(CC(=O)O)c2ccccc2)cc1. The van der Waals surface area contributed by atoms with Crippen LogP contribution in [0.15, 0.2) is 59.5 Å². The van der Waals surface area contributed by atoms with Gasteiger partial charge in [0.05, 0.1) is 11.3 Å². The van der Waals surface area contributed by atoms with Crippen LogP contribution in [0.3, 0.4) is 0 Å². The van der Waals surface area contributed by atoms with E-state index in [1.54, 1.807) is 36.4 Å². The van der Waals surface area contributed by atoms with Crippen molar-refractivity contribution < 1.29 is 18.3 Å². The number of nitrogens with one attached hydrogen (secondary N) is 1. The summed E-state index contributed by atoms with van der Waals surface area (Å²) >= 11 is 0. The molecule has 6 heteroatoms. The van der Waals surface area contributed by atoms with Crippen molar-refractivity contribution in [3.63, 3.8) is 0 Å². The summed E-state index contributed by atoms with van der Waals surface area (Å²) in [5.41, 5.74) is 1.76. The van der Waals surface area contributed by atoms with Crippen LogP contribution in [-0.2, 0) is 14.8 Å². The van der Waals surface area contributed by atoms with E-state index in [0.29, 0.717) is 0 Å². The molecular formula is C17H19NO4S. The van der Waals surface area contributed by atoms with Gasteiger partial charge < -0.3 is 5.11 Å². The smallest absolute Gasteiger partial charge is 0.304 e. The first-order valence-corrected chi connectivity index (χ1v) is 8.70. The fraction of sp³-hybridized carbons (Fsp3) is 0.235. The monoisotopic (exact) mass is 333 g/mol. The van der Waals surface area contributed by atoms with E-state index in [2.05, 4.69) is 4.72 Å². The van der Waals surface area contributed by atoms with Gasteiger partial charge in [-0.2, -0.15) is 0 Å². The van der Waals surface area contributed by atoms with Crippen molar-refractivity contribution in [2.24, 2.45) is 0 Å². The van der Waals surface area contributed by atoms with Crippen LogP contribution in [0.25, 0.3) is 0 Å². The lowest BCUT2D eigenvalue weighted by Crippen LogP contribution is -2.29. The number of carbonyl (C=O) groups is 1. The van der Waals surface area contributed by atoms with E-state index < -0.39 is 21.9 Å². The molecule has 23 heavy (non-hydrogen) atoms. The first-order chi connectivity index (χ1) is 10.9. The van der Waals surface area contributed by atoms with Crippen LogP contribution in [-0.4, -0.2) is 26.0 Å². The molecule has 1 atom stereocenters. The van der Waals surface area contributed by atoms with Gasteiger partial charge in [-0.15, -0.1) is 0 Å². The van der Waals surface area contributed by atoms with E-state index in [1.807, 2.05) is 13.0 Å². The summed E-state index contributed by atoms with van der Waals surface area (Å²) in [7, 11) is -3.66. The minimum atomic E-state index is -3.66. The number of sulfonamides is 1. The lowest BCUT2D eigenvalue weighted by atomic mass is 9.96. The molecule has 0 saturated carbocycles. The molecule has 122 valence electrons.